The number of hydrogen-bond donors (Lipinski definition) is 1. The summed E-state index contributed by atoms with van der Waals surface area (Å²) in [6.45, 7) is 7.92. The largest absolute Gasteiger partial charge is 0.398 e. The molecule has 0 aromatic heterocycles. The first-order valence-electron chi connectivity index (χ1n) is 6.76. The van der Waals surface area contributed by atoms with E-state index < -0.39 is 0 Å². The molecule has 0 aliphatic carbocycles. The van der Waals surface area contributed by atoms with Gasteiger partial charge in [0.25, 0.3) is 0 Å². The molecule has 1 unspecified atom stereocenters. The van der Waals surface area contributed by atoms with Crippen LogP contribution in [0.5, 0.6) is 0 Å². The second-order valence-electron chi connectivity index (χ2n) is 5.35. The van der Waals surface area contributed by atoms with E-state index >= 15 is 0 Å². The summed E-state index contributed by atoms with van der Waals surface area (Å²) in [5, 5.41) is 0. The Labute approximate surface area is 105 Å². The molecule has 1 fully saturated rings. The fourth-order valence-corrected chi connectivity index (χ4v) is 2.74. The monoisotopic (exact) mass is 232 g/mol. The minimum absolute atomic E-state index is 0.884. The average molecular weight is 232 g/mol. The lowest BCUT2D eigenvalue weighted by Gasteiger charge is -2.32. The Morgan fingerprint density at radius 2 is 2.24 bits per heavy atom. The van der Waals surface area contributed by atoms with Gasteiger partial charge < -0.3 is 5.73 Å². The summed E-state index contributed by atoms with van der Waals surface area (Å²) in [5.74, 6) is 0.884. The van der Waals surface area contributed by atoms with Crippen molar-refractivity contribution in [2.45, 2.75) is 39.7 Å². The molecule has 0 amide bonds. The zero-order valence-electron chi connectivity index (χ0n) is 11.1. The molecule has 0 spiro atoms. The number of piperidine rings is 1. The number of hydrogen-bond acceptors (Lipinski definition) is 2. The maximum absolute atomic E-state index is 6.05. The van der Waals surface area contributed by atoms with Crippen LogP contribution in [0.1, 0.15) is 37.3 Å². The summed E-state index contributed by atoms with van der Waals surface area (Å²) >= 11 is 0. The lowest BCUT2D eigenvalue weighted by molar-refractivity contribution is 0.165. The maximum Gasteiger partial charge on any atom is 0.0359 e. The zero-order valence-corrected chi connectivity index (χ0v) is 11.1. The van der Waals surface area contributed by atoms with Crippen LogP contribution in [-0.4, -0.2) is 18.0 Å². The standard InChI is InChI=1S/C15H24N2/c1-3-13-5-4-8-17(10-13)11-14-9-12(2)6-7-15(14)16/h6-7,9,13H,3-5,8,10-11,16H2,1-2H3. The molecule has 2 nitrogen and oxygen atoms in total. The Balaban J connectivity index is 2.02. The van der Waals surface area contributed by atoms with Gasteiger partial charge in [-0.25, -0.2) is 0 Å². The second kappa shape index (κ2) is 5.54. The van der Waals surface area contributed by atoms with Gasteiger partial charge in [-0.05, 0) is 43.9 Å². The van der Waals surface area contributed by atoms with E-state index in [2.05, 4.69) is 30.9 Å². The van der Waals surface area contributed by atoms with E-state index in [1.807, 2.05) is 6.07 Å². The summed E-state index contributed by atoms with van der Waals surface area (Å²) in [7, 11) is 0. The van der Waals surface area contributed by atoms with Crippen LogP contribution >= 0.6 is 0 Å². The van der Waals surface area contributed by atoms with Crippen molar-refractivity contribution < 1.29 is 0 Å². The molecule has 1 saturated heterocycles. The minimum Gasteiger partial charge on any atom is -0.398 e. The zero-order chi connectivity index (χ0) is 12.3. The van der Waals surface area contributed by atoms with Crippen molar-refractivity contribution in [3.8, 4) is 0 Å². The molecule has 1 aliphatic rings. The molecule has 0 saturated carbocycles. The molecule has 1 heterocycles. The Morgan fingerprint density at radius 1 is 1.41 bits per heavy atom. The smallest absolute Gasteiger partial charge is 0.0359 e. The topological polar surface area (TPSA) is 29.3 Å². The van der Waals surface area contributed by atoms with Crippen LogP contribution in [0.25, 0.3) is 0 Å². The molecule has 1 aromatic carbocycles. The molecule has 94 valence electrons. The van der Waals surface area contributed by atoms with Crippen LogP contribution in [0, 0.1) is 12.8 Å². The van der Waals surface area contributed by atoms with Crippen molar-refractivity contribution in [3.05, 3.63) is 29.3 Å². The van der Waals surface area contributed by atoms with E-state index in [9.17, 15) is 0 Å². The Morgan fingerprint density at radius 3 is 3.00 bits per heavy atom. The lowest BCUT2D eigenvalue weighted by atomic mass is 9.95. The molecular formula is C15H24N2. The first-order chi connectivity index (χ1) is 8.19. The van der Waals surface area contributed by atoms with Gasteiger partial charge in [0.2, 0.25) is 0 Å². The number of aryl methyl sites for hydroxylation is 1. The predicted molar refractivity (Wildman–Crippen MR) is 73.9 cm³/mol. The number of nitrogens with two attached hydrogens (primary N) is 1. The van der Waals surface area contributed by atoms with Crippen LogP contribution < -0.4 is 5.73 Å². The van der Waals surface area contributed by atoms with Gasteiger partial charge >= 0.3 is 0 Å². The first kappa shape index (κ1) is 12.4. The van der Waals surface area contributed by atoms with Gasteiger partial charge in [-0.2, -0.15) is 0 Å². The molecule has 1 aromatic rings. The average Bonchev–Trinajstić information content (AvgIpc) is 2.34. The Hall–Kier alpha value is -1.02. The van der Waals surface area contributed by atoms with E-state index in [4.69, 9.17) is 5.73 Å². The Kier molecular flexibility index (Phi) is 4.06. The summed E-state index contributed by atoms with van der Waals surface area (Å²) in [4.78, 5) is 2.56. The van der Waals surface area contributed by atoms with E-state index in [0.29, 0.717) is 0 Å². The van der Waals surface area contributed by atoms with Gasteiger partial charge in [-0.3, -0.25) is 4.90 Å². The van der Waals surface area contributed by atoms with Crippen LogP contribution in [0.15, 0.2) is 18.2 Å². The number of rotatable bonds is 3. The SMILES string of the molecule is CCC1CCCN(Cc2cc(C)ccc2N)C1. The number of anilines is 1. The molecule has 1 atom stereocenters. The fraction of sp³-hybridized carbons (Fsp3) is 0.600. The van der Waals surface area contributed by atoms with Gasteiger partial charge in [-0.1, -0.05) is 31.0 Å². The van der Waals surface area contributed by atoms with Crippen LogP contribution in [0.2, 0.25) is 0 Å². The van der Waals surface area contributed by atoms with Gasteiger partial charge in [-0.15, -0.1) is 0 Å². The normalized spacial score (nSPS) is 21.6. The molecule has 2 N–H and O–H groups in total. The molecule has 2 heteroatoms. The van der Waals surface area contributed by atoms with E-state index in [1.165, 1.54) is 43.5 Å². The third-order valence-corrected chi connectivity index (χ3v) is 3.87. The quantitative estimate of drug-likeness (QED) is 0.811. The van der Waals surface area contributed by atoms with Crippen LogP contribution in [-0.2, 0) is 6.54 Å². The second-order valence-corrected chi connectivity index (χ2v) is 5.35. The summed E-state index contributed by atoms with van der Waals surface area (Å²) in [6.07, 6.45) is 4.04. The van der Waals surface area contributed by atoms with Crippen LogP contribution in [0.3, 0.4) is 0 Å². The molecule has 0 bridgehead atoms. The van der Waals surface area contributed by atoms with Crippen molar-refractivity contribution in [2.24, 2.45) is 5.92 Å². The predicted octanol–water partition coefficient (Wildman–Crippen LogP) is 3.20. The highest BCUT2D eigenvalue weighted by Gasteiger charge is 2.18. The molecule has 0 radical (unpaired) electrons. The first-order valence-corrected chi connectivity index (χ1v) is 6.76. The van der Waals surface area contributed by atoms with Crippen molar-refractivity contribution in [3.63, 3.8) is 0 Å². The van der Waals surface area contributed by atoms with Crippen molar-refractivity contribution in [1.29, 1.82) is 0 Å². The highest BCUT2D eigenvalue weighted by Crippen LogP contribution is 2.23. The highest BCUT2D eigenvalue weighted by atomic mass is 15.1. The fourth-order valence-electron chi connectivity index (χ4n) is 2.74. The molecule has 2 rings (SSSR count). The van der Waals surface area contributed by atoms with Crippen molar-refractivity contribution >= 4 is 5.69 Å². The van der Waals surface area contributed by atoms with Crippen molar-refractivity contribution in [1.82, 2.24) is 4.90 Å². The lowest BCUT2D eigenvalue weighted by Crippen LogP contribution is -2.34. The minimum atomic E-state index is 0.884. The molecular weight excluding hydrogens is 208 g/mol. The number of likely N-dealkylation sites (tertiary alicyclic amines) is 1. The third-order valence-electron chi connectivity index (χ3n) is 3.87. The highest BCUT2D eigenvalue weighted by molar-refractivity contribution is 5.48. The molecule has 1 aliphatic heterocycles. The van der Waals surface area contributed by atoms with Crippen LogP contribution in [0.4, 0.5) is 5.69 Å². The Bertz CT molecular complexity index is 373. The number of nitrogens with zero attached hydrogens (tertiary/aromatic N) is 1. The summed E-state index contributed by atoms with van der Waals surface area (Å²) in [6, 6.07) is 6.35. The summed E-state index contributed by atoms with van der Waals surface area (Å²) in [5.41, 5.74) is 9.58. The third kappa shape index (κ3) is 3.22. The van der Waals surface area contributed by atoms with Gasteiger partial charge in [0, 0.05) is 18.8 Å². The van der Waals surface area contributed by atoms with Gasteiger partial charge in [0.05, 0.1) is 0 Å². The van der Waals surface area contributed by atoms with Gasteiger partial charge in [0.15, 0.2) is 0 Å². The van der Waals surface area contributed by atoms with Crippen molar-refractivity contribution in [2.75, 3.05) is 18.8 Å². The van der Waals surface area contributed by atoms with E-state index in [1.54, 1.807) is 0 Å². The van der Waals surface area contributed by atoms with E-state index in [0.717, 1.165) is 18.2 Å². The summed E-state index contributed by atoms with van der Waals surface area (Å²) < 4.78 is 0. The maximum atomic E-state index is 6.05. The number of nitrogen functional groups attached to an aromatic ring is 1. The van der Waals surface area contributed by atoms with Gasteiger partial charge in [0.1, 0.15) is 0 Å². The molecule has 17 heavy (non-hydrogen) atoms. The van der Waals surface area contributed by atoms with E-state index in [-0.39, 0.29) is 0 Å². The number of benzene rings is 1.